The van der Waals surface area contributed by atoms with Crippen LogP contribution in [-0.2, 0) is 9.59 Å². The highest BCUT2D eigenvalue weighted by Gasteiger charge is 2.30. The number of hydrogen-bond acceptors (Lipinski definition) is 3. The van der Waals surface area contributed by atoms with Gasteiger partial charge in [0.05, 0.1) is 5.57 Å². The maximum absolute atomic E-state index is 13.0. The summed E-state index contributed by atoms with van der Waals surface area (Å²) in [7, 11) is 0. The number of imide groups is 1. The van der Waals surface area contributed by atoms with Crippen molar-refractivity contribution in [2.75, 3.05) is 0 Å². The Morgan fingerprint density at radius 1 is 1.13 bits per heavy atom. The number of carbonyl (C=O) groups excluding carboxylic acids is 2. The molecule has 0 atom stereocenters. The first-order valence-electron chi connectivity index (χ1n) is 7.15. The van der Waals surface area contributed by atoms with Gasteiger partial charge in [-0.15, -0.1) is 0 Å². The van der Waals surface area contributed by atoms with Crippen LogP contribution in [-0.4, -0.2) is 16.9 Å². The van der Waals surface area contributed by atoms with Crippen molar-refractivity contribution in [3.8, 4) is 0 Å². The van der Waals surface area contributed by atoms with Crippen molar-refractivity contribution < 1.29 is 19.1 Å². The third kappa shape index (κ3) is 3.13. The summed E-state index contributed by atoms with van der Waals surface area (Å²) >= 11 is 0. The van der Waals surface area contributed by atoms with E-state index >= 15 is 0 Å². The molecule has 0 bridgehead atoms. The van der Waals surface area contributed by atoms with Crippen LogP contribution in [0.25, 0.3) is 5.57 Å². The van der Waals surface area contributed by atoms with Crippen LogP contribution in [0.4, 0.5) is 4.39 Å². The summed E-state index contributed by atoms with van der Waals surface area (Å²) in [5.74, 6) is -2.17. The predicted molar refractivity (Wildman–Crippen MR) is 83.6 cm³/mol. The second-order valence-corrected chi connectivity index (χ2v) is 5.31. The van der Waals surface area contributed by atoms with Crippen molar-refractivity contribution in [1.82, 2.24) is 5.32 Å². The maximum Gasteiger partial charge on any atom is 0.293 e. The molecule has 0 aromatic heterocycles. The molecule has 1 aromatic rings. The Kier molecular flexibility index (Phi) is 3.93. The SMILES string of the molecule is O=C1NC(=O)C(CC2=CC(c3ccc(F)cc3)=CCC=C2)=C1O. The van der Waals surface area contributed by atoms with Gasteiger partial charge in [0.1, 0.15) is 5.82 Å². The minimum atomic E-state index is -0.766. The normalized spacial score (nSPS) is 17.8. The van der Waals surface area contributed by atoms with Gasteiger partial charge in [0.2, 0.25) is 0 Å². The number of halogens is 1. The van der Waals surface area contributed by atoms with E-state index in [4.69, 9.17) is 0 Å². The molecule has 5 heteroatoms. The van der Waals surface area contributed by atoms with Gasteiger partial charge in [-0.3, -0.25) is 14.9 Å². The fourth-order valence-electron chi connectivity index (χ4n) is 2.53. The van der Waals surface area contributed by atoms with Gasteiger partial charge in [0.25, 0.3) is 11.8 Å². The smallest absolute Gasteiger partial charge is 0.293 e. The van der Waals surface area contributed by atoms with Gasteiger partial charge in [0, 0.05) is 6.42 Å². The summed E-state index contributed by atoms with van der Waals surface area (Å²) in [4.78, 5) is 23.0. The minimum absolute atomic E-state index is 0.0613. The third-order valence-corrected chi connectivity index (χ3v) is 3.71. The van der Waals surface area contributed by atoms with E-state index in [2.05, 4.69) is 5.32 Å². The quantitative estimate of drug-likeness (QED) is 0.843. The molecule has 0 spiro atoms. The fourth-order valence-corrected chi connectivity index (χ4v) is 2.53. The molecule has 2 N–H and O–H groups in total. The van der Waals surface area contributed by atoms with Crippen molar-refractivity contribution in [1.29, 1.82) is 0 Å². The number of aliphatic hydroxyl groups is 1. The molecule has 2 aliphatic rings. The van der Waals surface area contributed by atoms with E-state index in [0.717, 1.165) is 16.7 Å². The van der Waals surface area contributed by atoms with E-state index < -0.39 is 17.6 Å². The number of rotatable bonds is 3. The number of allylic oxidation sites excluding steroid dienone is 6. The Morgan fingerprint density at radius 2 is 1.87 bits per heavy atom. The summed E-state index contributed by atoms with van der Waals surface area (Å²) in [6, 6.07) is 6.14. The molecular weight excluding hydrogens is 297 g/mol. The van der Waals surface area contributed by atoms with Crippen LogP contribution in [0.15, 0.2) is 65.5 Å². The number of aliphatic hydroxyl groups excluding tert-OH is 1. The highest BCUT2D eigenvalue weighted by Crippen LogP contribution is 2.26. The lowest BCUT2D eigenvalue weighted by molar-refractivity contribution is -0.125. The van der Waals surface area contributed by atoms with Gasteiger partial charge < -0.3 is 5.11 Å². The summed E-state index contributed by atoms with van der Waals surface area (Å²) in [5, 5.41) is 11.7. The number of nitrogens with one attached hydrogen (secondary N) is 1. The Labute approximate surface area is 132 Å². The maximum atomic E-state index is 13.0. The Morgan fingerprint density at radius 3 is 2.52 bits per heavy atom. The number of hydrogen-bond donors (Lipinski definition) is 2. The lowest BCUT2D eigenvalue weighted by atomic mass is 9.99. The number of benzene rings is 1. The first kappa shape index (κ1) is 15.0. The van der Waals surface area contributed by atoms with Crippen LogP contribution < -0.4 is 5.32 Å². The molecule has 23 heavy (non-hydrogen) atoms. The Hall–Kier alpha value is -2.95. The zero-order valence-electron chi connectivity index (χ0n) is 12.2. The molecule has 0 fully saturated rings. The van der Waals surface area contributed by atoms with Crippen LogP contribution in [0, 0.1) is 5.82 Å². The van der Waals surface area contributed by atoms with Gasteiger partial charge >= 0.3 is 0 Å². The Bertz CT molecular complexity index is 798. The first-order valence-corrected chi connectivity index (χ1v) is 7.15. The lowest BCUT2D eigenvalue weighted by Gasteiger charge is -2.05. The molecule has 1 aromatic carbocycles. The molecule has 0 saturated heterocycles. The van der Waals surface area contributed by atoms with Crippen molar-refractivity contribution in [3.63, 3.8) is 0 Å². The molecule has 4 nitrogen and oxygen atoms in total. The predicted octanol–water partition coefficient (Wildman–Crippen LogP) is 2.95. The minimum Gasteiger partial charge on any atom is -0.503 e. The van der Waals surface area contributed by atoms with E-state index in [-0.39, 0.29) is 17.8 Å². The fraction of sp³-hybridized carbons (Fsp3) is 0.111. The first-order chi connectivity index (χ1) is 11.0. The van der Waals surface area contributed by atoms with Crippen LogP contribution in [0.1, 0.15) is 18.4 Å². The largest absolute Gasteiger partial charge is 0.503 e. The van der Waals surface area contributed by atoms with Gasteiger partial charge in [-0.2, -0.15) is 0 Å². The number of amides is 2. The highest BCUT2D eigenvalue weighted by atomic mass is 19.1. The highest BCUT2D eigenvalue weighted by molar-refractivity contribution is 6.18. The molecule has 116 valence electrons. The molecule has 0 saturated carbocycles. The van der Waals surface area contributed by atoms with E-state index in [1.165, 1.54) is 12.1 Å². The molecule has 0 unspecified atom stereocenters. The van der Waals surface area contributed by atoms with Crippen LogP contribution in [0.3, 0.4) is 0 Å². The van der Waals surface area contributed by atoms with Crippen molar-refractivity contribution in [2.24, 2.45) is 0 Å². The monoisotopic (exact) mass is 311 g/mol. The van der Waals surface area contributed by atoms with Gasteiger partial charge in [0.15, 0.2) is 5.76 Å². The number of carbonyl (C=O) groups is 2. The van der Waals surface area contributed by atoms with Crippen LogP contribution in [0.5, 0.6) is 0 Å². The molecule has 0 radical (unpaired) electrons. The van der Waals surface area contributed by atoms with E-state index in [9.17, 15) is 19.1 Å². The molecule has 2 amide bonds. The summed E-state index contributed by atoms with van der Waals surface area (Å²) in [5.41, 5.74) is 2.60. The standard InChI is InChI=1S/C18H14FNO3/c19-14-7-5-12(6-8-14)13-4-2-1-3-11(9-13)10-15-16(21)18(23)20-17(15)22/h1,3-9H,2,10H2,(H2,20,21,22,23). The Balaban J connectivity index is 1.90. The third-order valence-electron chi connectivity index (χ3n) is 3.71. The van der Waals surface area contributed by atoms with Crippen LogP contribution in [0.2, 0.25) is 0 Å². The molecule has 1 heterocycles. The molecule has 1 aliphatic carbocycles. The summed E-state index contributed by atoms with van der Waals surface area (Å²) < 4.78 is 13.0. The van der Waals surface area contributed by atoms with Crippen molar-refractivity contribution in [2.45, 2.75) is 12.8 Å². The zero-order valence-corrected chi connectivity index (χ0v) is 12.2. The van der Waals surface area contributed by atoms with Gasteiger partial charge in [-0.25, -0.2) is 4.39 Å². The summed E-state index contributed by atoms with van der Waals surface area (Å²) in [6.45, 7) is 0. The van der Waals surface area contributed by atoms with E-state index in [0.29, 0.717) is 6.42 Å². The second-order valence-electron chi connectivity index (χ2n) is 5.31. The average molecular weight is 311 g/mol. The molecular formula is C18H14FNO3. The van der Waals surface area contributed by atoms with Gasteiger partial charge in [-0.05, 0) is 35.3 Å². The molecule has 1 aliphatic heterocycles. The topological polar surface area (TPSA) is 66.4 Å². The van der Waals surface area contributed by atoms with E-state index in [1.54, 1.807) is 12.1 Å². The summed E-state index contributed by atoms with van der Waals surface area (Å²) in [6.07, 6.45) is 8.48. The van der Waals surface area contributed by atoms with Crippen LogP contribution >= 0.6 is 0 Å². The zero-order chi connectivity index (χ0) is 16.4. The second kappa shape index (κ2) is 6.04. The van der Waals surface area contributed by atoms with Crippen molar-refractivity contribution >= 4 is 17.4 Å². The van der Waals surface area contributed by atoms with Crippen molar-refractivity contribution in [3.05, 3.63) is 76.9 Å². The van der Waals surface area contributed by atoms with Gasteiger partial charge in [-0.1, -0.05) is 36.4 Å². The average Bonchev–Trinajstić information content (AvgIpc) is 2.73. The lowest BCUT2D eigenvalue weighted by Crippen LogP contribution is -2.23. The molecule has 3 rings (SSSR count). The van der Waals surface area contributed by atoms with E-state index in [1.807, 2.05) is 24.3 Å².